The molecule has 1 aliphatic carbocycles. The molecule has 0 radical (unpaired) electrons. The van der Waals surface area contributed by atoms with Crippen LogP contribution >= 0.6 is 0 Å². The van der Waals surface area contributed by atoms with Crippen molar-refractivity contribution in [3.05, 3.63) is 28.8 Å². The summed E-state index contributed by atoms with van der Waals surface area (Å²) in [6.07, 6.45) is 4.10. The largest absolute Gasteiger partial charge is 0.496 e. The third kappa shape index (κ3) is 3.01. The van der Waals surface area contributed by atoms with Crippen molar-refractivity contribution in [1.29, 1.82) is 0 Å². The first-order valence-electron chi connectivity index (χ1n) is 7.97. The van der Waals surface area contributed by atoms with Crippen LogP contribution in [0.1, 0.15) is 55.8 Å². The van der Waals surface area contributed by atoms with Gasteiger partial charge >= 0.3 is 0 Å². The Bertz CT molecular complexity index is 455. The van der Waals surface area contributed by atoms with E-state index in [1.807, 2.05) is 0 Å². The maximum Gasteiger partial charge on any atom is 0.122 e. The van der Waals surface area contributed by atoms with E-state index < -0.39 is 0 Å². The van der Waals surface area contributed by atoms with Crippen molar-refractivity contribution in [2.45, 2.75) is 53.0 Å². The zero-order chi connectivity index (χ0) is 14.7. The van der Waals surface area contributed by atoms with Crippen LogP contribution in [0.25, 0.3) is 0 Å². The monoisotopic (exact) mass is 275 g/mol. The van der Waals surface area contributed by atoms with E-state index in [4.69, 9.17) is 4.74 Å². The Morgan fingerprint density at radius 3 is 2.55 bits per heavy atom. The molecule has 1 aliphatic rings. The topological polar surface area (TPSA) is 21.3 Å². The first-order valence-corrected chi connectivity index (χ1v) is 7.97. The molecule has 0 heterocycles. The zero-order valence-corrected chi connectivity index (χ0v) is 13.6. The number of aryl methyl sites for hydroxylation is 2. The van der Waals surface area contributed by atoms with Crippen molar-refractivity contribution >= 4 is 0 Å². The Morgan fingerprint density at radius 2 is 2.00 bits per heavy atom. The predicted octanol–water partition coefficient (Wildman–Crippen LogP) is 4.40. The number of hydrogen-bond acceptors (Lipinski definition) is 2. The number of methoxy groups -OCH3 is 1. The Hall–Kier alpha value is -1.02. The molecule has 1 fully saturated rings. The summed E-state index contributed by atoms with van der Waals surface area (Å²) >= 11 is 0. The van der Waals surface area contributed by atoms with Crippen LogP contribution in [-0.2, 0) is 0 Å². The molecular formula is C18H29NO. The standard InChI is InChI=1S/C18H29NO/c1-6-19-18(15-9-7-8-12(15)2)16-10-14(4)17(20-5)11-13(16)3/h10-12,15,18-19H,6-9H2,1-5H3. The van der Waals surface area contributed by atoms with E-state index in [0.29, 0.717) is 6.04 Å². The minimum Gasteiger partial charge on any atom is -0.496 e. The molecule has 0 saturated heterocycles. The molecule has 1 saturated carbocycles. The van der Waals surface area contributed by atoms with Gasteiger partial charge in [0, 0.05) is 6.04 Å². The van der Waals surface area contributed by atoms with E-state index >= 15 is 0 Å². The lowest BCUT2D eigenvalue weighted by atomic mass is 9.83. The minimum absolute atomic E-state index is 0.488. The summed E-state index contributed by atoms with van der Waals surface area (Å²) in [5.41, 5.74) is 4.04. The van der Waals surface area contributed by atoms with Gasteiger partial charge in [-0.3, -0.25) is 0 Å². The van der Waals surface area contributed by atoms with Crippen LogP contribution in [-0.4, -0.2) is 13.7 Å². The van der Waals surface area contributed by atoms with Crippen molar-refractivity contribution in [2.24, 2.45) is 11.8 Å². The molecule has 1 aromatic carbocycles. The number of nitrogens with one attached hydrogen (secondary N) is 1. The van der Waals surface area contributed by atoms with Crippen LogP contribution < -0.4 is 10.1 Å². The van der Waals surface area contributed by atoms with E-state index in [9.17, 15) is 0 Å². The number of ether oxygens (including phenoxy) is 1. The Labute approximate surface area is 123 Å². The first-order chi connectivity index (χ1) is 9.58. The van der Waals surface area contributed by atoms with Crippen molar-refractivity contribution in [3.8, 4) is 5.75 Å². The van der Waals surface area contributed by atoms with Crippen LogP contribution in [0.2, 0.25) is 0 Å². The second-order valence-corrected chi connectivity index (χ2v) is 6.29. The Kier molecular flexibility index (Phi) is 5.09. The van der Waals surface area contributed by atoms with Gasteiger partial charge in [0.15, 0.2) is 0 Å². The average molecular weight is 275 g/mol. The van der Waals surface area contributed by atoms with E-state index in [2.05, 4.69) is 45.1 Å². The lowest BCUT2D eigenvalue weighted by Gasteiger charge is -2.30. The van der Waals surface area contributed by atoms with Crippen LogP contribution in [0.4, 0.5) is 0 Å². The fourth-order valence-electron chi connectivity index (χ4n) is 3.75. The molecule has 20 heavy (non-hydrogen) atoms. The van der Waals surface area contributed by atoms with Gasteiger partial charge in [0.2, 0.25) is 0 Å². The van der Waals surface area contributed by atoms with Crippen molar-refractivity contribution < 1.29 is 4.74 Å². The second kappa shape index (κ2) is 6.62. The molecule has 0 aliphatic heterocycles. The summed E-state index contributed by atoms with van der Waals surface area (Å²) in [6, 6.07) is 5.00. The first kappa shape index (κ1) is 15.4. The molecule has 3 unspecified atom stereocenters. The lowest BCUT2D eigenvalue weighted by molar-refractivity contribution is 0.304. The summed E-state index contributed by atoms with van der Waals surface area (Å²) in [5.74, 6) is 2.59. The highest BCUT2D eigenvalue weighted by Crippen LogP contribution is 2.41. The van der Waals surface area contributed by atoms with E-state index in [0.717, 1.165) is 24.1 Å². The fraction of sp³-hybridized carbons (Fsp3) is 0.667. The highest BCUT2D eigenvalue weighted by atomic mass is 16.5. The van der Waals surface area contributed by atoms with Gasteiger partial charge in [-0.05, 0) is 61.4 Å². The van der Waals surface area contributed by atoms with Gasteiger partial charge in [-0.2, -0.15) is 0 Å². The summed E-state index contributed by atoms with van der Waals surface area (Å²) in [4.78, 5) is 0. The molecule has 0 aromatic heterocycles. The zero-order valence-electron chi connectivity index (χ0n) is 13.6. The molecule has 112 valence electrons. The predicted molar refractivity (Wildman–Crippen MR) is 85.4 cm³/mol. The van der Waals surface area contributed by atoms with Crippen molar-refractivity contribution in [2.75, 3.05) is 13.7 Å². The number of benzene rings is 1. The number of hydrogen-bond donors (Lipinski definition) is 1. The van der Waals surface area contributed by atoms with Crippen LogP contribution in [0.3, 0.4) is 0 Å². The van der Waals surface area contributed by atoms with Gasteiger partial charge < -0.3 is 10.1 Å². The molecule has 0 bridgehead atoms. The van der Waals surface area contributed by atoms with E-state index in [1.54, 1.807) is 7.11 Å². The summed E-state index contributed by atoms with van der Waals surface area (Å²) in [5, 5.41) is 3.74. The summed E-state index contributed by atoms with van der Waals surface area (Å²) in [6.45, 7) is 9.99. The van der Waals surface area contributed by atoms with Crippen molar-refractivity contribution in [1.82, 2.24) is 5.32 Å². The van der Waals surface area contributed by atoms with Gasteiger partial charge in [-0.1, -0.05) is 32.8 Å². The highest BCUT2D eigenvalue weighted by Gasteiger charge is 2.32. The third-order valence-corrected chi connectivity index (χ3v) is 4.90. The quantitative estimate of drug-likeness (QED) is 0.860. The van der Waals surface area contributed by atoms with Crippen molar-refractivity contribution in [3.63, 3.8) is 0 Å². The number of rotatable bonds is 5. The fourth-order valence-corrected chi connectivity index (χ4v) is 3.75. The minimum atomic E-state index is 0.488. The van der Waals surface area contributed by atoms with Gasteiger partial charge in [0.25, 0.3) is 0 Å². The Balaban J connectivity index is 2.36. The average Bonchev–Trinajstić information content (AvgIpc) is 2.84. The summed E-state index contributed by atoms with van der Waals surface area (Å²) in [7, 11) is 1.75. The summed E-state index contributed by atoms with van der Waals surface area (Å²) < 4.78 is 5.45. The van der Waals surface area contributed by atoms with Crippen LogP contribution in [0, 0.1) is 25.7 Å². The molecule has 2 rings (SSSR count). The smallest absolute Gasteiger partial charge is 0.122 e. The molecule has 0 amide bonds. The highest BCUT2D eigenvalue weighted by molar-refractivity contribution is 5.43. The molecule has 1 aromatic rings. The SMILES string of the molecule is CCNC(c1cc(C)c(OC)cc1C)C1CCCC1C. The Morgan fingerprint density at radius 1 is 1.25 bits per heavy atom. The molecule has 2 nitrogen and oxygen atoms in total. The van der Waals surface area contributed by atoms with Gasteiger partial charge in [-0.25, -0.2) is 0 Å². The lowest BCUT2D eigenvalue weighted by Crippen LogP contribution is -2.30. The van der Waals surface area contributed by atoms with Gasteiger partial charge in [0.05, 0.1) is 7.11 Å². The third-order valence-electron chi connectivity index (χ3n) is 4.90. The van der Waals surface area contributed by atoms with E-state index in [-0.39, 0.29) is 0 Å². The molecular weight excluding hydrogens is 246 g/mol. The van der Waals surface area contributed by atoms with Crippen LogP contribution in [0.5, 0.6) is 5.75 Å². The normalized spacial score (nSPS) is 23.9. The van der Waals surface area contributed by atoms with Crippen LogP contribution in [0.15, 0.2) is 12.1 Å². The molecule has 3 atom stereocenters. The maximum atomic E-state index is 5.45. The maximum absolute atomic E-state index is 5.45. The second-order valence-electron chi connectivity index (χ2n) is 6.29. The van der Waals surface area contributed by atoms with Gasteiger partial charge in [0.1, 0.15) is 5.75 Å². The molecule has 2 heteroatoms. The molecule has 1 N–H and O–H groups in total. The van der Waals surface area contributed by atoms with Gasteiger partial charge in [-0.15, -0.1) is 0 Å². The molecule has 0 spiro atoms. The van der Waals surface area contributed by atoms with E-state index in [1.165, 1.54) is 36.0 Å².